The summed E-state index contributed by atoms with van der Waals surface area (Å²) in [7, 11) is 0. The number of carbonyl (C=O) groups excluding carboxylic acids is 2. The van der Waals surface area contributed by atoms with Crippen LogP contribution in [0.5, 0.6) is 0 Å². The lowest BCUT2D eigenvalue weighted by atomic mass is 9.95. The molecule has 2 aromatic carbocycles. The summed E-state index contributed by atoms with van der Waals surface area (Å²) in [5, 5.41) is 4.12. The Hall–Kier alpha value is -1.69. The highest BCUT2D eigenvalue weighted by Crippen LogP contribution is 2.28. The molecular formula is C25H30Cl2N2O2S. The second-order valence-corrected chi connectivity index (χ2v) is 10.2. The van der Waals surface area contributed by atoms with Crippen molar-refractivity contribution >= 4 is 46.8 Å². The van der Waals surface area contributed by atoms with Crippen LogP contribution < -0.4 is 5.32 Å². The fourth-order valence-corrected chi connectivity index (χ4v) is 5.17. The lowest BCUT2D eigenvalue weighted by Crippen LogP contribution is -2.50. The Balaban J connectivity index is 1.75. The van der Waals surface area contributed by atoms with Crippen molar-refractivity contribution in [3.63, 3.8) is 0 Å². The van der Waals surface area contributed by atoms with E-state index < -0.39 is 6.04 Å². The van der Waals surface area contributed by atoms with Crippen molar-refractivity contribution in [2.24, 2.45) is 0 Å². The molecular weight excluding hydrogens is 463 g/mol. The van der Waals surface area contributed by atoms with E-state index in [1.165, 1.54) is 23.7 Å². The summed E-state index contributed by atoms with van der Waals surface area (Å²) in [6.07, 6.45) is 5.46. The summed E-state index contributed by atoms with van der Waals surface area (Å²) in [5.74, 6) is -0.0294. The van der Waals surface area contributed by atoms with Crippen LogP contribution in [0.4, 0.5) is 0 Å². The van der Waals surface area contributed by atoms with Gasteiger partial charge in [-0.15, -0.1) is 11.8 Å². The third kappa shape index (κ3) is 6.90. The van der Waals surface area contributed by atoms with Crippen molar-refractivity contribution in [2.45, 2.75) is 69.5 Å². The third-order valence-electron chi connectivity index (χ3n) is 5.89. The number of thioether (sulfide) groups is 1. The molecule has 0 heterocycles. The third-order valence-corrected chi connectivity index (χ3v) is 7.60. The average molecular weight is 494 g/mol. The van der Waals surface area contributed by atoms with Gasteiger partial charge in [0.1, 0.15) is 6.04 Å². The standard InChI is InChI=1S/C25H30Cl2N2O2S/c1-17-11-13-20(14-12-17)32-16-24(30)29(15-21-22(26)9-6-10-23(21)27)18(2)25(31)28-19-7-4-3-5-8-19/h6,9-14,18-19H,3-5,7-8,15-16H2,1-2H3,(H,28,31)/t18-/m0/s1. The molecule has 1 aliphatic carbocycles. The lowest BCUT2D eigenvalue weighted by molar-refractivity contribution is -0.139. The molecule has 0 unspecified atom stereocenters. The van der Waals surface area contributed by atoms with Gasteiger partial charge in [0.15, 0.2) is 0 Å². The summed E-state index contributed by atoms with van der Waals surface area (Å²) < 4.78 is 0. The van der Waals surface area contributed by atoms with Gasteiger partial charge in [0.25, 0.3) is 0 Å². The number of nitrogens with zero attached hydrogens (tertiary/aromatic N) is 1. The first-order chi connectivity index (χ1) is 15.3. The molecule has 1 fully saturated rings. The number of halogens is 2. The van der Waals surface area contributed by atoms with E-state index in [2.05, 4.69) is 5.32 Å². The SMILES string of the molecule is Cc1ccc(SCC(=O)N(Cc2c(Cl)cccc2Cl)[C@@H](C)C(=O)NC2CCCCC2)cc1. The van der Waals surface area contributed by atoms with Crippen molar-refractivity contribution in [1.82, 2.24) is 10.2 Å². The number of aryl methyl sites for hydroxylation is 1. The molecule has 0 bridgehead atoms. The quantitative estimate of drug-likeness (QED) is 0.442. The second kappa shape index (κ2) is 12.0. The van der Waals surface area contributed by atoms with Crippen LogP contribution in [0, 0.1) is 6.92 Å². The lowest BCUT2D eigenvalue weighted by Gasteiger charge is -2.31. The summed E-state index contributed by atoms with van der Waals surface area (Å²) >= 11 is 14.2. The minimum absolute atomic E-state index is 0.127. The van der Waals surface area contributed by atoms with Crippen LogP contribution in [-0.2, 0) is 16.1 Å². The first kappa shape index (κ1) is 24.9. The highest BCUT2D eigenvalue weighted by molar-refractivity contribution is 8.00. The topological polar surface area (TPSA) is 49.4 Å². The molecule has 1 atom stereocenters. The van der Waals surface area contributed by atoms with Crippen molar-refractivity contribution in [3.05, 3.63) is 63.6 Å². The van der Waals surface area contributed by atoms with Crippen LogP contribution in [0.2, 0.25) is 10.0 Å². The zero-order chi connectivity index (χ0) is 23.1. The number of carbonyl (C=O) groups is 2. The number of hydrogen-bond acceptors (Lipinski definition) is 3. The van der Waals surface area contributed by atoms with Crippen LogP contribution in [0.3, 0.4) is 0 Å². The normalized spacial score (nSPS) is 15.2. The Morgan fingerprint density at radius 2 is 1.69 bits per heavy atom. The minimum Gasteiger partial charge on any atom is -0.352 e. The minimum atomic E-state index is -0.629. The van der Waals surface area contributed by atoms with Gasteiger partial charge in [-0.1, -0.05) is 66.2 Å². The summed E-state index contributed by atoms with van der Waals surface area (Å²) in [6.45, 7) is 3.99. The van der Waals surface area contributed by atoms with E-state index in [0.717, 1.165) is 30.6 Å². The molecule has 1 saturated carbocycles. The summed E-state index contributed by atoms with van der Waals surface area (Å²) in [6, 6.07) is 12.9. The van der Waals surface area contributed by atoms with Crippen LogP contribution in [0.15, 0.2) is 47.4 Å². The van der Waals surface area contributed by atoms with E-state index in [0.29, 0.717) is 15.6 Å². The molecule has 3 rings (SSSR count). The van der Waals surface area contributed by atoms with Crippen LogP contribution >= 0.6 is 35.0 Å². The van der Waals surface area contributed by atoms with Crippen molar-refractivity contribution in [1.29, 1.82) is 0 Å². The fraction of sp³-hybridized carbons (Fsp3) is 0.440. The second-order valence-electron chi connectivity index (χ2n) is 8.34. The van der Waals surface area contributed by atoms with Gasteiger partial charge in [0, 0.05) is 33.1 Å². The van der Waals surface area contributed by atoms with Gasteiger partial charge in [-0.3, -0.25) is 9.59 Å². The van der Waals surface area contributed by atoms with Crippen molar-refractivity contribution in [2.75, 3.05) is 5.75 Å². The van der Waals surface area contributed by atoms with Gasteiger partial charge in [-0.05, 0) is 51.0 Å². The molecule has 32 heavy (non-hydrogen) atoms. The molecule has 1 N–H and O–H groups in total. The van der Waals surface area contributed by atoms with Crippen molar-refractivity contribution < 1.29 is 9.59 Å². The predicted molar refractivity (Wildman–Crippen MR) is 133 cm³/mol. The van der Waals surface area contributed by atoms with Gasteiger partial charge < -0.3 is 10.2 Å². The van der Waals surface area contributed by atoms with E-state index in [4.69, 9.17) is 23.2 Å². The van der Waals surface area contributed by atoms with Crippen LogP contribution in [0.1, 0.15) is 50.2 Å². The number of hydrogen-bond donors (Lipinski definition) is 1. The Morgan fingerprint density at radius 3 is 2.31 bits per heavy atom. The van der Waals surface area contributed by atoms with E-state index >= 15 is 0 Å². The zero-order valence-electron chi connectivity index (χ0n) is 18.6. The zero-order valence-corrected chi connectivity index (χ0v) is 20.9. The monoisotopic (exact) mass is 492 g/mol. The molecule has 2 amide bonds. The number of amides is 2. The van der Waals surface area contributed by atoms with Crippen LogP contribution in [0.25, 0.3) is 0 Å². The summed E-state index contributed by atoms with van der Waals surface area (Å²) in [5.41, 5.74) is 1.82. The molecule has 0 spiro atoms. The Morgan fingerprint density at radius 1 is 1.06 bits per heavy atom. The molecule has 172 valence electrons. The highest BCUT2D eigenvalue weighted by Gasteiger charge is 2.29. The van der Waals surface area contributed by atoms with Gasteiger partial charge in [-0.2, -0.15) is 0 Å². The molecule has 7 heteroatoms. The van der Waals surface area contributed by atoms with E-state index in [-0.39, 0.29) is 30.2 Å². The van der Waals surface area contributed by atoms with E-state index in [1.54, 1.807) is 30.0 Å². The largest absolute Gasteiger partial charge is 0.352 e. The van der Waals surface area contributed by atoms with Gasteiger partial charge >= 0.3 is 0 Å². The Labute approximate surface area is 205 Å². The maximum absolute atomic E-state index is 13.3. The first-order valence-electron chi connectivity index (χ1n) is 11.1. The number of rotatable bonds is 8. The van der Waals surface area contributed by atoms with Crippen LogP contribution in [-0.4, -0.2) is 34.6 Å². The van der Waals surface area contributed by atoms with Crippen molar-refractivity contribution in [3.8, 4) is 0 Å². The van der Waals surface area contributed by atoms with E-state index in [1.807, 2.05) is 31.2 Å². The molecule has 0 saturated heterocycles. The first-order valence-corrected chi connectivity index (χ1v) is 12.8. The highest BCUT2D eigenvalue weighted by atomic mass is 35.5. The Kier molecular flexibility index (Phi) is 9.33. The molecule has 0 aromatic heterocycles. The number of nitrogens with one attached hydrogen (secondary N) is 1. The molecule has 0 aliphatic heterocycles. The molecule has 4 nitrogen and oxygen atoms in total. The predicted octanol–water partition coefficient (Wildman–Crippen LogP) is 6.26. The molecule has 0 radical (unpaired) electrons. The average Bonchev–Trinajstić information content (AvgIpc) is 2.78. The smallest absolute Gasteiger partial charge is 0.242 e. The maximum atomic E-state index is 13.3. The maximum Gasteiger partial charge on any atom is 0.242 e. The molecule has 1 aliphatic rings. The van der Waals surface area contributed by atoms with Gasteiger partial charge in [-0.25, -0.2) is 0 Å². The van der Waals surface area contributed by atoms with Gasteiger partial charge in [0.05, 0.1) is 5.75 Å². The summed E-state index contributed by atoms with van der Waals surface area (Å²) in [4.78, 5) is 28.9. The Bertz CT molecular complexity index is 910. The van der Waals surface area contributed by atoms with E-state index in [9.17, 15) is 9.59 Å². The molecule has 2 aromatic rings. The number of benzene rings is 2. The fourth-order valence-electron chi connectivity index (χ4n) is 3.87. The van der Waals surface area contributed by atoms with Gasteiger partial charge in [0.2, 0.25) is 11.8 Å².